The fraction of sp³-hybridized carbons (Fsp3) is 0.778. The second-order valence-electron chi connectivity index (χ2n) is 3.34. The SMILES string of the molecule is CC(=O)CN(CCN)CCNCC(=O)O. The molecule has 0 aromatic heterocycles. The molecule has 15 heavy (non-hydrogen) atoms. The van der Waals surface area contributed by atoms with Crippen LogP contribution in [-0.2, 0) is 9.59 Å². The number of Topliss-reactive ketones (excluding diaryl/α,β-unsaturated/α-hetero) is 1. The first-order valence-corrected chi connectivity index (χ1v) is 4.90. The fourth-order valence-electron chi connectivity index (χ4n) is 1.20. The molecular weight excluding hydrogens is 198 g/mol. The highest BCUT2D eigenvalue weighted by Gasteiger charge is 2.06. The van der Waals surface area contributed by atoms with Crippen molar-refractivity contribution >= 4 is 11.8 Å². The van der Waals surface area contributed by atoms with Gasteiger partial charge in [-0.15, -0.1) is 0 Å². The maximum Gasteiger partial charge on any atom is 0.317 e. The maximum absolute atomic E-state index is 10.9. The first-order valence-electron chi connectivity index (χ1n) is 4.90. The summed E-state index contributed by atoms with van der Waals surface area (Å²) in [4.78, 5) is 23.0. The van der Waals surface area contributed by atoms with Gasteiger partial charge in [0.05, 0.1) is 13.1 Å². The highest BCUT2D eigenvalue weighted by Crippen LogP contribution is 1.86. The van der Waals surface area contributed by atoms with Crippen LogP contribution in [0.3, 0.4) is 0 Å². The van der Waals surface area contributed by atoms with Gasteiger partial charge in [0.2, 0.25) is 0 Å². The van der Waals surface area contributed by atoms with E-state index >= 15 is 0 Å². The minimum Gasteiger partial charge on any atom is -0.480 e. The van der Waals surface area contributed by atoms with Gasteiger partial charge in [-0.1, -0.05) is 0 Å². The van der Waals surface area contributed by atoms with Crippen LogP contribution in [0.5, 0.6) is 0 Å². The number of nitrogens with two attached hydrogens (primary N) is 1. The van der Waals surface area contributed by atoms with Crippen molar-refractivity contribution < 1.29 is 14.7 Å². The van der Waals surface area contributed by atoms with E-state index in [0.29, 0.717) is 32.7 Å². The van der Waals surface area contributed by atoms with Crippen LogP contribution in [-0.4, -0.2) is 61.0 Å². The summed E-state index contributed by atoms with van der Waals surface area (Å²) < 4.78 is 0. The van der Waals surface area contributed by atoms with E-state index in [1.807, 2.05) is 4.90 Å². The molecule has 0 aliphatic heterocycles. The Balaban J connectivity index is 3.65. The molecular formula is C9H19N3O3. The van der Waals surface area contributed by atoms with Gasteiger partial charge in [-0.25, -0.2) is 0 Å². The van der Waals surface area contributed by atoms with Gasteiger partial charge in [0.15, 0.2) is 0 Å². The Morgan fingerprint density at radius 1 is 1.40 bits per heavy atom. The lowest BCUT2D eigenvalue weighted by Gasteiger charge is -2.19. The van der Waals surface area contributed by atoms with Gasteiger partial charge in [0, 0.05) is 26.2 Å². The van der Waals surface area contributed by atoms with Gasteiger partial charge < -0.3 is 16.2 Å². The summed E-state index contributed by atoms with van der Waals surface area (Å²) in [6.45, 7) is 4.14. The quantitative estimate of drug-likeness (QED) is 0.407. The maximum atomic E-state index is 10.9. The van der Waals surface area contributed by atoms with Gasteiger partial charge in [-0.3, -0.25) is 14.5 Å². The third kappa shape index (κ3) is 9.33. The Labute approximate surface area is 89.4 Å². The van der Waals surface area contributed by atoms with Crippen molar-refractivity contribution in [2.45, 2.75) is 6.92 Å². The van der Waals surface area contributed by atoms with E-state index in [1.165, 1.54) is 6.92 Å². The summed E-state index contributed by atoms with van der Waals surface area (Å²) in [5.41, 5.74) is 5.39. The number of carboxylic acid groups (broad SMARTS) is 1. The lowest BCUT2D eigenvalue weighted by molar-refractivity contribution is -0.136. The van der Waals surface area contributed by atoms with Crippen molar-refractivity contribution in [1.82, 2.24) is 10.2 Å². The summed E-state index contributed by atoms with van der Waals surface area (Å²) >= 11 is 0. The summed E-state index contributed by atoms with van der Waals surface area (Å²) in [5.74, 6) is -0.798. The molecule has 88 valence electrons. The van der Waals surface area contributed by atoms with E-state index in [2.05, 4.69) is 5.32 Å². The molecule has 0 aliphatic carbocycles. The van der Waals surface area contributed by atoms with E-state index < -0.39 is 5.97 Å². The van der Waals surface area contributed by atoms with Crippen LogP contribution in [0.15, 0.2) is 0 Å². The molecule has 0 saturated carbocycles. The third-order valence-corrected chi connectivity index (χ3v) is 1.77. The molecule has 0 fully saturated rings. The first-order chi connectivity index (χ1) is 7.06. The zero-order valence-corrected chi connectivity index (χ0v) is 9.03. The Morgan fingerprint density at radius 3 is 2.53 bits per heavy atom. The zero-order valence-electron chi connectivity index (χ0n) is 9.03. The van der Waals surface area contributed by atoms with Crippen molar-refractivity contribution in [2.24, 2.45) is 5.73 Å². The molecule has 0 bridgehead atoms. The highest BCUT2D eigenvalue weighted by molar-refractivity contribution is 5.77. The van der Waals surface area contributed by atoms with Crippen molar-refractivity contribution in [3.05, 3.63) is 0 Å². The number of rotatable bonds is 9. The smallest absolute Gasteiger partial charge is 0.317 e. The molecule has 0 aliphatic rings. The molecule has 0 aromatic rings. The number of nitrogens with zero attached hydrogens (tertiary/aromatic N) is 1. The molecule has 0 aromatic carbocycles. The first kappa shape index (κ1) is 14.0. The Hall–Kier alpha value is -0.980. The minimum absolute atomic E-state index is 0.0590. The fourth-order valence-corrected chi connectivity index (χ4v) is 1.20. The number of carbonyl (C=O) groups excluding carboxylic acids is 1. The Bertz CT molecular complexity index is 209. The molecule has 0 atom stereocenters. The molecule has 0 spiro atoms. The molecule has 0 amide bonds. The van der Waals surface area contributed by atoms with Crippen molar-refractivity contribution in [2.75, 3.05) is 39.3 Å². The van der Waals surface area contributed by atoms with E-state index in [9.17, 15) is 9.59 Å². The van der Waals surface area contributed by atoms with Gasteiger partial charge in [0.1, 0.15) is 5.78 Å². The van der Waals surface area contributed by atoms with Crippen molar-refractivity contribution in [1.29, 1.82) is 0 Å². The van der Waals surface area contributed by atoms with Crippen LogP contribution in [0.4, 0.5) is 0 Å². The number of nitrogens with one attached hydrogen (secondary N) is 1. The Morgan fingerprint density at radius 2 is 2.07 bits per heavy atom. The summed E-state index contributed by atoms with van der Waals surface area (Å²) in [5, 5.41) is 11.1. The van der Waals surface area contributed by atoms with Crippen molar-refractivity contribution in [3.63, 3.8) is 0 Å². The third-order valence-electron chi connectivity index (χ3n) is 1.77. The molecule has 0 radical (unpaired) electrons. The zero-order chi connectivity index (χ0) is 11.7. The lowest BCUT2D eigenvalue weighted by atomic mass is 10.3. The van der Waals surface area contributed by atoms with Crippen LogP contribution in [0.1, 0.15) is 6.92 Å². The van der Waals surface area contributed by atoms with Gasteiger partial charge in [-0.05, 0) is 6.92 Å². The molecule has 4 N–H and O–H groups in total. The highest BCUT2D eigenvalue weighted by atomic mass is 16.4. The standard InChI is InChI=1S/C9H19N3O3/c1-8(13)7-12(4-2-10)5-3-11-6-9(14)15/h11H,2-7,10H2,1H3,(H,14,15). The largest absolute Gasteiger partial charge is 0.480 e. The molecule has 0 heterocycles. The summed E-state index contributed by atoms with van der Waals surface area (Å²) in [7, 11) is 0. The number of hydrogen-bond donors (Lipinski definition) is 3. The average Bonchev–Trinajstić information content (AvgIpc) is 2.11. The number of carboxylic acids is 1. The summed E-state index contributed by atoms with van der Waals surface area (Å²) in [6.07, 6.45) is 0. The molecule has 6 nitrogen and oxygen atoms in total. The number of carbonyl (C=O) groups is 2. The second-order valence-corrected chi connectivity index (χ2v) is 3.34. The van der Waals surface area contributed by atoms with Gasteiger partial charge in [0.25, 0.3) is 0 Å². The van der Waals surface area contributed by atoms with Crippen molar-refractivity contribution in [3.8, 4) is 0 Å². The van der Waals surface area contributed by atoms with Crippen LogP contribution < -0.4 is 11.1 Å². The molecule has 6 heteroatoms. The van der Waals surface area contributed by atoms with Crippen LogP contribution >= 0.6 is 0 Å². The average molecular weight is 217 g/mol. The van der Waals surface area contributed by atoms with Crippen LogP contribution in [0.25, 0.3) is 0 Å². The van der Waals surface area contributed by atoms with Gasteiger partial charge >= 0.3 is 5.97 Å². The molecule has 0 saturated heterocycles. The van der Waals surface area contributed by atoms with E-state index in [0.717, 1.165) is 0 Å². The lowest BCUT2D eigenvalue weighted by Crippen LogP contribution is -2.39. The van der Waals surface area contributed by atoms with E-state index in [4.69, 9.17) is 10.8 Å². The van der Waals surface area contributed by atoms with Crippen LogP contribution in [0, 0.1) is 0 Å². The monoisotopic (exact) mass is 217 g/mol. The second kappa shape index (κ2) is 8.34. The molecule has 0 rings (SSSR count). The minimum atomic E-state index is -0.882. The number of aliphatic carboxylic acids is 1. The van der Waals surface area contributed by atoms with E-state index in [-0.39, 0.29) is 12.3 Å². The number of ketones is 1. The van der Waals surface area contributed by atoms with Gasteiger partial charge in [-0.2, -0.15) is 0 Å². The predicted octanol–water partition coefficient (Wildman–Crippen LogP) is -1.49. The number of hydrogen-bond acceptors (Lipinski definition) is 5. The predicted molar refractivity (Wildman–Crippen MR) is 56.7 cm³/mol. The van der Waals surface area contributed by atoms with Crippen LogP contribution in [0.2, 0.25) is 0 Å². The Kier molecular flexibility index (Phi) is 7.79. The normalized spacial score (nSPS) is 10.6. The summed E-state index contributed by atoms with van der Waals surface area (Å²) in [6, 6.07) is 0. The van der Waals surface area contributed by atoms with E-state index in [1.54, 1.807) is 0 Å². The topological polar surface area (TPSA) is 95.7 Å². The molecule has 0 unspecified atom stereocenters.